The van der Waals surface area contributed by atoms with Gasteiger partial charge in [0.2, 0.25) is 0 Å². The predicted octanol–water partition coefficient (Wildman–Crippen LogP) is 3.90. The highest BCUT2D eigenvalue weighted by Gasteiger charge is 2.35. The Morgan fingerprint density at radius 1 is 1.22 bits per heavy atom. The smallest absolute Gasteiger partial charge is 0.158 e. The van der Waals surface area contributed by atoms with Crippen molar-refractivity contribution in [3.05, 3.63) is 34.6 Å². The van der Waals surface area contributed by atoms with Crippen LogP contribution in [0.5, 0.6) is 0 Å². The number of amidine groups is 1. The maximum Gasteiger partial charge on any atom is 0.158 e. The van der Waals surface area contributed by atoms with Gasteiger partial charge in [-0.25, -0.2) is 9.38 Å². The van der Waals surface area contributed by atoms with Gasteiger partial charge in [0.15, 0.2) is 5.84 Å². The Labute approximate surface area is 115 Å². The highest BCUT2D eigenvalue weighted by Crippen LogP contribution is 2.39. The summed E-state index contributed by atoms with van der Waals surface area (Å²) in [5, 5.41) is 1.01. The van der Waals surface area contributed by atoms with Gasteiger partial charge in [0.25, 0.3) is 0 Å². The van der Waals surface area contributed by atoms with Crippen molar-refractivity contribution in [2.45, 2.75) is 12.8 Å². The quantitative estimate of drug-likeness (QED) is 0.787. The van der Waals surface area contributed by atoms with E-state index in [1.807, 2.05) is 0 Å². The maximum atomic E-state index is 13.7. The van der Waals surface area contributed by atoms with E-state index < -0.39 is 0 Å². The SMILES string of the molecule is Fc1ccc(Cl)cc1C1=NCC(C2CC2)C(Cl)=N1. The molecule has 0 bridgehead atoms. The van der Waals surface area contributed by atoms with Gasteiger partial charge in [-0.05, 0) is 37.0 Å². The van der Waals surface area contributed by atoms with E-state index in [-0.39, 0.29) is 11.7 Å². The van der Waals surface area contributed by atoms with Crippen LogP contribution in [0.3, 0.4) is 0 Å². The van der Waals surface area contributed by atoms with E-state index in [4.69, 9.17) is 23.2 Å². The third-order valence-corrected chi connectivity index (χ3v) is 3.92. The molecule has 2 nitrogen and oxygen atoms in total. The summed E-state index contributed by atoms with van der Waals surface area (Å²) in [6.07, 6.45) is 2.37. The molecule has 1 aliphatic carbocycles. The van der Waals surface area contributed by atoms with Gasteiger partial charge in [-0.2, -0.15) is 0 Å². The summed E-state index contributed by atoms with van der Waals surface area (Å²) < 4.78 is 13.7. The van der Waals surface area contributed by atoms with Crippen LogP contribution in [-0.4, -0.2) is 17.6 Å². The van der Waals surface area contributed by atoms with Gasteiger partial charge in [0.1, 0.15) is 11.0 Å². The molecular weight excluding hydrogens is 274 g/mol. The fourth-order valence-corrected chi connectivity index (χ4v) is 2.64. The van der Waals surface area contributed by atoms with Crippen molar-refractivity contribution in [1.82, 2.24) is 0 Å². The molecule has 1 unspecified atom stereocenters. The summed E-state index contributed by atoms with van der Waals surface area (Å²) in [5.41, 5.74) is 0.315. The van der Waals surface area contributed by atoms with Crippen LogP contribution < -0.4 is 0 Å². The second kappa shape index (κ2) is 4.63. The third kappa shape index (κ3) is 2.29. The van der Waals surface area contributed by atoms with E-state index in [1.165, 1.54) is 31.0 Å². The first-order valence-corrected chi connectivity index (χ1v) is 6.64. The van der Waals surface area contributed by atoms with E-state index in [1.54, 1.807) is 0 Å². The van der Waals surface area contributed by atoms with Crippen molar-refractivity contribution in [2.75, 3.05) is 6.54 Å². The number of rotatable bonds is 2. The molecule has 1 fully saturated rings. The Bertz CT molecular complexity index is 550. The van der Waals surface area contributed by atoms with Crippen LogP contribution in [-0.2, 0) is 0 Å². The van der Waals surface area contributed by atoms with Crippen molar-refractivity contribution >= 4 is 34.2 Å². The lowest BCUT2D eigenvalue weighted by molar-refractivity contribution is 0.612. The Kier molecular flexibility index (Phi) is 3.12. The predicted molar refractivity (Wildman–Crippen MR) is 72.3 cm³/mol. The molecule has 1 atom stereocenters. The minimum atomic E-state index is -0.378. The number of hydrogen-bond acceptors (Lipinski definition) is 2. The monoisotopic (exact) mass is 284 g/mol. The first-order valence-electron chi connectivity index (χ1n) is 5.89. The first-order chi connectivity index (χ1) is 8.65. The van der Waals surface area contributed by atoms with Gasteiger partial charge in [-0.3, -0.25) is 4.99 Å². The van der Waals surface area contributed by atoms with Crippen LogP contribution in [0, 0.1) is 17.7 Å². The molecular formula is C13H11Cl2FN2. The van der Waals surface area contributed by atoms with Crippen LogP contribution in [0.25, 0.3) is 0 Å². The lowest BCUT2D eigenvalue weighted by Gasteiger charge is -2.17. The molecule has 1 aromatic rings. The molecule has 1 saturated carbocycles. The molecule has 0 radical (unpaired) electrons. The molecule has 0 N–H and O–H groups in total. The average molecular weight is 285 g/mol. The van der Waals surface area contributed by atoms with Crippen LogP contribution in [0.15, 0.2) is 28.2 Å². The molecule has 0 aromatic heterocycles. The lowest BCUT2D eigenvalue weighted by atomic mass is 10.0. The summed E-state index contributed by atoms with van der Waals surface area (Å²) in [6.45, 7) is 0.592. The molecule has 0 saturated heterocycles. The summed E-state index contributed by atoms with van der Waals surface area (Å²) in [5.74, 6) is 0.793. The van der Waals surface area contributed by atoms with Crippen LogP contribution >= 0.6 is 23.2 Å². The number of nitrogens with zero attached hydrogens (tertiary/aromatic N) is 2. The largest absolute Gasteiger partial charge is 0.265 e. The van der Waals surface area contributed by atoms with Gasteiger partial charge >= 0.3 is 0 Å². The zero-order valence-electron chi connectivity index (χ0n) is 9.54. The highest BCUT2D eigenvalue weighted by atomic mass is 35.5. The molecule has 1 aliphatic heterocycles. The zero-order valence-corrected chi connectivity index (χ0v) is 11.0. The first kappa shape index (κ1) is 12.1. The lowest BCUT2D eigenvalue weighted by Crippen LogP contribution is -2.22. The Balaban J connectivity index is 1.91. The normalized spacial score (nSPS) is 23.6. The summed E-state index contributed by atoms with van der Waals surface area (Å²) in [4.78, 5) is 8.57. The van der Waals surface area contributed by atoms with Gasteiger partial charge in [0.05, 0.1) is 12.1 Å². The topological polar surface area (TPSA) is 24.7 Å². The molecule has 5 heteroatoms. The molecule has 0 spiro atoms. The average Bonchev–Trinajstić information content (AvgIpc) is 3.16. The van der Waals surface area contributed by atoms with Crippen LogP contribution in [0.4, 0.5) is 4.39 Å². The molecule has 0 amide bonds. The maximum absolute atomic E-state index is 13.7. The highest BCUT2D eigenvalue weighted by molar-refractivity contribution is 6.67. The standard InChI is InChI=1S/C13H11Cl2FN2/c14-8-3-4-11(16)9(5-8)13-17-6-10(7-1-2-7)12(15)18-13/h3-5,7,10H,1-2,6H2. The summed E-state index contributed by atoms with van der Waals surface area (Å²) >= 11 is 12.0. The fraction of sp³-hybridized carbons (Fsp3) is 0.385. The summed E-state index contributed by atoms with van der Waals surface area (Å²) in [7, 11) is 0. The second-order valence-electron chi connectivity index (χ2n) is 4.67. The van der Waals surface area contributed by atoms with E-state index >= 15 is 0 Å². The second-order valence-corrected chi connectivity index (χ2v) is 5.49. The Morgan fingerprint density at radius 3 is 2.67 bits per heavy atom. The molecule has 94 valence electrons. The van der Waals surface area contributed by atoms with E-state index in [0.717, 1.165) is 0 Å². The molecule has 18 heavy (non-hydrogen) atoms. The van der Waals surface area contributed by atoms with Crippen molar-refractivity contribution in [3.8, 4) is 0 Å². The number of hydrogen-bond donors (Lipinski definition) is 0. The van der Waals surface area contributed by atoms with E-state index in [2.05, 4.69) is 9.98 Å². The van der Waals surface area contributed by atoms with Crippen molar-refractivity contribution in [2.24, 2.45) is 21.8 Å². The van der Waals surface area contributed by atoms with Crippen molar-refractivity contribution in [1.29, 1.82) is 0 Å². The van der Waals surface area contributed by atoms with Gasteiger partial charge in [0, 0.05) is 10.9 Å². The minimum absolute atomic E-state index is 0.220. The van der Waals surface area contributed by atoms with Gasteiger partial charge < -0.3 is 0 Å². The molecule has 1 heterocycles. The molecule has 3 rings (SSSR count). The molecule has 1 aromatic carbocycles. The third-order valence-electron chi connectivity index (χ3n) is 3.32. The van der Waals surface area contributed by atoms with Crippen molar-refractivity contribution in [3.63, 3.8) is 0 Å². The van der Waals surface area contributed by atoms with E-state index in [9.17, 15) is 4.39 Å². The number of halogens is 3. The Morgan fingerprint density at radius 2 is 2.00 bits per heavy atom. The minimum Gasteiger partial charge on any atom is -0.265 e. The fourth-order valence-electron chi connectivity index (χ4n) is 2.14. The summed E-state index contributed by atoms with van der Waals surface area (Å²) in [6, 6.07) is 4.35. The van der Waals surface area contributed by atoms with Gasteiger partial charge in [-0.1, -0.05) is 23.2 Å². The van der Waals surface area contributed by atoms with Gasteiger partial charge in [-0.15, -0.1) is 0 Å². The zero-order chi connectivity index (χ0) is 12.7. The molecule has 2 aliphatic rings. The number of benzene rings is 1. The van der Waals surface area contributed by atoms with E-state index in [0.29, 0.717) is 34.1 Å². The van der Waals surface area contributed by atoms with Crippen molar-refractivity contribution < 1.29 is 4.39 Å². The Hall–Kier alpha value is -0.930. The van der Waals surface area contributed by atoms with Crippen LogP contribution in [0.2, 0.25) is 5.02 Å². The van der Waals surface area contributed by atoms with Crippen LogP contribution in [0.1, 0.15) is 18.4 Å². The number of aliphatic imine (C=N–C) groups is 2.